The van der Waals surface area contributed by atoms with E-state index in [9.17, 15) is 4.79 Å². The number of carbonyl (C=O) groups excluding carboxylic acids is 1. The van der Waals surface area contributed by atoms with E-state index >= 15 is 0 Å². The minimum atomic E-state index is -0.519. The van der Waals surface area contributed by atoms with E-state index in [0.29, 0.717) is 11.8 Å². The highest BCUT2D eigenvalue weighted by Crippen LogP contribution is 2.22. The Kier molecular flexibility index (Phi) is 5.82. The average molecular weight is 341 g/mol. The minimum Gasteiger partial charge on any atom is -0.481 e. The molecule has 2 aromatic rings. The standard InChI is InChI=1S/C19H23N3O3/c1-14(24-16-6-3-2-4-7-16)18(23)22-15-8-10-17(11-9-15)25-19-20-12-5-13-21-19/h2-7,12-15,17H,8-11H2,1H3,(H,22,23). The highest BCUT2D eigenvalue weighted by atomic mass is 16.5. The molecule has 1 fully saturated rings. The monoisotopic (exact) mass is 341 g/mol. The van der Waals surface area contributed by atoms with Gasteiger partial charge in [0, 0.05) is 18.4 Å². The molecule has 1 aromatic carbocycles. The van der Waals surface area contributed by atoms with Gasteiger partial charge in [-0.25, -0.2) is 9.97 Å². The molecule has 1 heterocycles. The second-order valence-electron chi connectivity index (χ2n) is 6.20. The Hall–Kier alpha value is -2.63. The number of nitrogens with zero attached hydrogens (tertiary/aromatic N) is 2. The van der Waals surface area contributed by atoms with Crippen molar-refractivity contribution in [3.63, 3.8) is 0 Å². The van der Waals surface area contributed by atoms with Gasteiger partial charge < -0.3 is 14.8 Å². The molecule has 1 amide bonds. The second-order valence-corrected chi connectivity index (χ2v) is 6.20. The highest BCUT2D eigenvalue weighted by Gasteiger charge is 2.26. The van der Waals surface area contributed by atoms with E-state index in [-0.39, 0.29) is 18.1 Å². The fraction of sp³-hybridized carbons (Fsp3) is 0.421. The molecule has 1 N–H and O–H groups in total. The fourth-order valence-corrected chi connectivity index (χ4v) is 2.90. The van der Waals surface area contributed by atoms with Gasteiger partial charge in [0.2, 0.25) is 0 Å². The molecule has 132 valence electrons. The van der Waals surface area contributed by atoms with E-state index in [0.717, 1.165) is 25.7 Å². The van der Waals surface area contributed by atoms with Gasteiger partial charge in [-0.05, 0) is 50.8 Å². The lowest BCUT2D eigenvalue weighted by Crippen LogP contribution is -2.45. The van der Waals surface area contributed by atoms with Crippen LogP contribution in [0.2, 0.25) is 0 Å². The van der Waals surface area contributed by atoms with Crippen molar-refractivity contribution >= 4 is 5.91 Å². The Morgan fingerprint density at radius 1 is 1.08 bits per heavy atom. The zero-order valence-corrected chi connectivity index (χ0v) is 14.3. The largest absolute Gasteiger partial charge is 0.481 e. The van der Waals surface area contributed by atoms with E-state index < -0.39 is 6.10 Å². The molecule has 1 aliphatic carbocycles. The predicted molar refractivity (Wildman–Crippen MR) is 93.4 cm³/mol. The Morgan fingerprint density at radius 2 is 1.76 bits per heavy atom. The van der Waals surface area contributed by atoms with Gasteiger partial charge in [-0.2, -0.15) is 0 Å². The van der Waals surface area contributed by atoms with Gasteiger partial charge in [0.05, 0.1) is 0 Å². The number of hydrogen-bond donors (Lipinski definition) is 1. The normalized spacial score (nSPS) is 21.2. The number of para-hydroxylation sites is 1. The number of benzene rings is 1. The maximum Gasteiger partial charge on any atom is 0.316 e. The number of amides is 1. The minimum absolute atomic E-state index is 0.0837. The van der Waals surface area contributed by atoms with Gasteiger partial charge in [0.25, 0.3) is 5.91 Å². The van der Waals surface area contributed by atoms with Gasteiger partial charge >= 0.3 is 6.01 Å². The maximum absolute atomic E-state index is 12.3. The van der Waals surface area contributed by atoms with E-state index in [1.165, 1.54) is 0 Å². The Morgan fingerprint density at radius 3 is 2.44 bits per heavy atom. The summed E-state index contributed by atoms with van der Waals surface area (Å²) < 4.78 is 11.4. The molecule has 6 heteroatoms. The summed E-state index contributed by atoms with van der Waals surface area (Å²) in [7, 11) is 0. The van der Waals surface area contributed by atoms with Crippen LogP contribution < -0.4 is 14.8 Å². The first kappa shape index (κ1) is 17.2. The zero-order chi connectivity index (χ0) is 17.5. The molecule has 1 unspecified atom stereocenters. The quantitative estimate of drug-likeness (QED) is 0.874. The maximum atomic E-state index is 12.3. The lowest BCUT2D eigenvalue weighted by molar-refractivity contribution is -0.128. The van der Waals surface area contributed by atoms with E-state index in [2.05, 4.69) is 15.3 Å². The van der Waals surface area contributed by atoms with E-state index in [4.69, 9.17) is 9.47 Å². The van der Waals surface area contributed by atoms with Crippen molar-refractivity contribution in [2.75, 3.05) is 0 Å². The molecule has 1 saturated carbocycles. The van der Waals surface area contributed by atoms with Crippen molar-refractivity contribution in [2.24, 2.45) is 0 Å². The van der Waals surface area contributed by atoms with Crippen molar-refractivity contribution in [1.29, 1.82) is 0 Å². The van der Waals surface area contributed by atoms with Gasteiger partial charge in [-0.15, -0.1) is 0 Å². The molecule has 1 aliphatic rings. The Balaban J connectivity index is 1.41. The van der Waals surface area contributed by atoms with Gasteiger partial charge in [0.1, 0.15) is 11.9 Å². The first-order chi connectivity index (χ1) is 12.2. The number of nitrogens with one attached hydrogen (secondary N) is 1. The van der Waals surface area contributed by atoms with Crippen LogP contribution in [0.5, 0.6) is 11.8 Å². The van der Waals surface area contributed by atoms with Crippen LogP contribution >= 0.6 is 0 Å². The van der Waals surface area contributed by atoms with Crippen LogP contribution in [0.25, 0.3) is 0 Å². The van der Waals surface area contributed by atoms with Crippen LogP contribution in [0, 0.1) is 0 Å². The molecule has 0 bridgehead atoms. The van der Waals surface area contributed by atoms with E-state index in [1.54, 1.807) is 25.4 Å². The van der Waals surface area contributed by atoms with Crippen molar-refractivity contribution in [3.05, 3.63) is 48.8 Å². The van der Waals surface area contributed by atoms with Crippen LogP contribution in [-0.2, 0) is 4.79 Å². The molecule has 6 nitrogen and oxygen atoms in total. The number of rotatable bonds is 6. The summed E-state index contributed by atoms with van der Waals surface area (Å²) in [6, 6.07) is 11.7. The Labute approximate surface area is 147 Å². The summed E-state index contributed by atoms with van der Waals surface area (Å²) >= 11 is 0. The van der Waals surface area contributed by atoms with E-state index in [1.807, 2.05) is 30.3 Å². The first-order valence-electron chi connectivity index (χ1n) is 8.66. The third-order valence-electron chi connectivity index (χ3n) is 4.26. The van der Waals surface area contributed by atoms with Crippen LogP contribution in [0.15, 0.2) is 48.8 Å². The molecule has 25 heavy (non-hydrogen) atoms. The van der Waals surface area contributed by atoms with Crippen molar-refractivity contribution in [1.82, 2.24) is 15.3 Å². The molecule has 1 aromatic heterocycles. The number of aromatic nitrogens is 2. The number of hydrogen-bond acceptors (Lipinski definition) is 5. The van der Waals surface area contributed by atoms with Crippen LogP contribution in [0.3, 0.4) is 0 Å². The molecular formula is C19H23N3O3. The van der Waals surface area contributed by atoms with Gasteiger partial charge in [-0.1, -0.05) is 18.2 Å². The molecule has 1 atom stereocenters. The molecule has 0 aliphatic heterocycles. The van der Waals surface area contributed by atoms with Crippen LogP contribution in [-0.4, -0.2) is 34.1 Å². The lowest BCUT2D eigenvalue weighted by Gasteiger charge is -2.29. The Bertz CT molecular complexity index is 658. The van der Waals surface area contributed by atoms with Gasteiger partial charge in [0.15, 0.2) is 6.10 Å². The van der Waals surface area contributed by atoms with Gasteiger partial charge in [-0.3, -0.25) is 4.79 Å². The molecule has 3 rings (SSSR count). The number of ether oxygens (including phenoxy) is 2. The van der Waals surface area contributed by atoms with Crippen molar-refractivity contribution in [2.45, 2.75) is 50.9 Å². The van der Waals surface area contributed by atoms with Crippen molar-refractivity contribution in [3.8, 4) is 11.8 Å². The van der Waals surface area contributed by atoms with Crippen LogP contribution in [0.1, 0.15) is 32.6 Å². The molecule has 0 saturated heterocycles. The third kappa shape index (κ3) is 5.17. The second kappa shape index (κ2) is 8.46. The molecular weight excluding hydrogens is 318 g/mol. The fourth-order valence-electron chi connectivity index (χ4n) is 2.90. The smallest absolute Gasteiger partial charge is 0.316 e. The topological polar surface area (TPSA) is 73.3 Å². The average Bonchev–Trinajstić information content (AvgIpc) is 2.65. The summed E-state index contributed by atoms with van der Waals surface area (Å²) in [5.74, 6) is 0.615. The molecule has 0 radical (unpaired) electrons. The van der Waals surface area contributed by atoms with Crippen molar-refractivity contribution < 1.29 is 14.3 Å². The summed E-state index contributed by atoms with van der Waals surface area (Å²) in [5.41, 5.74) is 0. The summed E-state index contributed by atoms with van der Waals surface area (Å²) in [6.07, 6.45) is 6.42. The SMILES string of the molecule is CC(Oc1ccccc1)C(=O)NC1CCC(Oc2ncccn2)CC1. The summed E-state index contributed by atoms with van der Waals surface area (Å²) in [4.78, 5) is 20.5. The first-order valence-corrected chi connectivity index (χ1v) is 8.66. The zero-order valence-electron chi connectivity index (χ0n) is 14.3. The number of carbonyl (C=O) groups is 1. The summed E-state index contributed by atoms with van der Waals surface area (Å²) in [5, 5.41) is 3.07. The predicted octanol–water partition coefficient (Wildman–Crippen LogP) is 2.75. The summed E-state index contributed by atoms with van der Waals surface area (Å²) in [6.45, 7) is 1.77. The third-order valence-corrected chi connectivity index (χ3v) is 4.26. The van der Waals surface area contributed by atoms with Crippen LogP contribution in [0.4, 0.5) is 0 Å². The lowest BCUT2D eigenvalue weighted by atomic mass is 9.93. The molecule has 0 spiro atoms. The highest BCUT2D eigenvalue weighted by molar-refractivity contribution is 5.81.